The first-order valence-corrected chi connectivity index (χ1v) is 5.95. The quantitative estimate of drug-likeness (QED) is 0.655. The molecule has 5 nitrogen and oxygen atoms in total. The second kappa shape index (κ2) is 5.41. The van der Waals surface area contributed by atoms with Crippen LogP contribution in [0, 0.1) is 15.9 Å². The van der Waals surface area contributed by atoms with Gasteiger partial charge in [-0.3, -0.25) is 15.0 Å². The van der Waals surface area contributed by atoms with Gasteiger partial charge in [0.1, 0.15) is 5.82 Å². The molecule has 1 aliphatic rings. The van der Waals surface area contributed by atoms with Gasteiger partial charge in [0, 0.05) is 43.9 Å². The Bertz CT molecular complexity index is 453. The second-order valence-corrected chi connectivity index (χ2v) is 4.62. The van der Waals surface area contributed by atoms with Crippen LogP contribution in [0.1, 0.15) is 12.5 Å². The highest BCUT2D eigenvalue weighted by Gasteiger charge is 2.20. The van der Waals surface area contributed by atoms with Gasteiger partial charge < -0.3 is 5.32 Å². The fraction of sp³-hybridized carbons (Fsp3) is 0.500. The topological polar surface area (TPSA) is 58.4 Å². The van der Waals surface area contributed by atoms with Crippen molar-refractivity contribution >= 4 is 5.69 Å². The summed E-state index contributed by atoms with van der Waals surface area (Å²) < 4.78 is 13.2. The van der Waals surface area contributed by atoms with Crippen LogP contribution < -0.4 is 5.32 Å². The molecule has 18 heavy (non-hydrogen) atoms. The van der Waals surface area contributed by atoms with E-state index in [4.69, 9.17) is 0 Å². The van der Waals surface area contributed by atoms with Gasteiger partial charge in [-0.05, 0) is 19.1 Å². The molecule has 1 N–H and O–H groups in total. The summed E-state index contributed by atoms with van der Waals surface area (Å²) in [6, 6.07) is 3.97. The van der Waals surface area contributed by atoms with Crippen LogP contribution in [-0.4, -0.2) is 35.5 Å². The van der Waals surface area contributed by atoms with Crippen molar-refractivity contribution in [3.8, 4) is 0 Å². The predicted octanol–water partition coefficient (Wildman–Crippen LogP) is 1.53. The van der Waals surface area contributed by atoms with E-state index < -0.39 is 10.7 Å². The van der Waals surface area contributed by atoms with Crippen molar-refractivity contribution in [2.24, 2.45) is 0 Å². The number of hydrogen-bond donors (Lipinski definition) is 1. The zero-order valence-electron chi connectivity index (χ0n) is 10.2. The third kappa shape index (κ3) is 3.02. The van der Waals surface area contributed by atoms with Gasteiger partial charge in [-0.2, -0.15) is 0 Å². The highest BCUT2D eigenvalue weighted by atomic mass is 19.1. The average Bonchev–Trinajstić information content (AvgIpc) is 2.28. The fourth-order valence-corrected chi connectivity index (χ4v) is 2.26. The number of piperazine rings is 1. The number of halogens is 1. The molecule has 0 spiro atoms. The Labute approximate surface area is 105 Å². The molecule has 1 aliphatic heterocycles. The van der Waals surface area contributed by atoms with Crippen LogP contribution in [0.2, 0.25) is 0 Å². The molecule has 1 aromatic rings. The summed E-state index contributed by atoms with van der Waals surface area (Å²) in [5.74, 6) is -0.432. The summed E-state index contributed by atoms with van der Waals surface area (Å²) in [5.41, 5.74) is 0.427. The molecule has 0 aliphatic carbocycles. The molecule has 98 valence electrons. The van der Waals surface area contributed by atoms with E-state index in [1.807, 2.05) is 0 Å². The lowest BCUT2D eigenvalue weighted by Crippen LogP contribution is -2.48. The van der Waals surface area contributed by atoms with Gasteiger partial charge in [-0.25, -0.2) is 4.39 Å². The molecule has 1 saturated heterocycles. The van der Waals surface area contributed by atoms with Crippen molar-refractivity contribution in [2.75, 3.05) is 19.6 Å². The Morgan fingerprint density at radius 1 is 1.61 bits per heavy atom. The molecule has 6 heteroatoms. The highest BCUT2D eigenvalue weighted by Crippen LogP contribution is 2.21. The van der Waals surface area contributed by atoms with E-state index >= 15 is 0 Å². The Morgan fingerprint density at radius 3 is 3.06 bits per heavy atom. The standard InChI is InChI=1S/C12H16FN3O2/c1-9-7-15(5-4-14-9)8-10-6-11(13)2-3-12(10)16(17)18/h2-3,6,9,14H,4-5,7-8H2,1H3/t9-/m1/s1. The summed E-state index contributed by atoms with van der Waals surface area (Å²) in [5, 5.41) is 14.2. The highest BCUT2D eigenvalue weighted by molar-refractivity contribution is 5.40. The van der Waals surface area contributed by atoms with E-state index in [2.05, 4.69) is 17.1 Å². The molecule has 1 atom stereocenters. The molecule has 0 aromatic heterocycles. The van der Waals surface area contributed by atoms with E-state index in [0.717, 1.165) is 25.7 Å². The Balaban J connectivity index is 2.16. The number of nitrogens with zero attached hydrogens (tertiary/aromatic N) is 2. The molecule has 0 saturated carbocycles. The minimum absolute atomic E-state index is 0.0115. The van der Waals surface area contributed by atoms with Gasteiger partial charge in [-0.15, -0.1) is 0 Å². The summed E-state index contributed by atoms with van der Waals surface area (Å²) in [6.07, 6.45) is 0. The van der Waals surface area contributed by atoms with E-state index in [1.165, 1.54) is 12.1 Å². The van der Waals surface area contributed by atoms with Crippen LogP contribution in [-0.2, 0) is 6.54 Å². The first-order chi connectivity index (χ1) is 8.56. The molecule has 0 unspecified atom stereocenters. The normalized spacial score (nSPS) is 20.9. The number of nitro groups is 1. The Morgan fingerprint density at radius 2 is 2.39 bits per heavy atom. The van der Waals surface area contributed by atoms with Gasteiger partial charge in [0.2, 0.25) is 0 Å². The fourth-order valence-electron chi connectivity index (χ4n) is 2.26. The number of rotatable bonds is 3. The van der Waals surface area contributed by atoms with Crippen molar-refractivity contribution in [3.05, 3.63) is 39.7 Å². The molecule has 0 radical (unpaired) electrons. The first kappa shape index (κ1) is 12.9. The summed E-state index contributed by atoms with van der Waals surface area (Å²) >= 11 is 0. The van der Waals surface area contributed by atoms with Crippen LogP contribution in [0.3, 0.4) is 0 Å². The zero-order chi connectivity index (χ0) is 13.1. The minimum atomic E-state index is -0.458. The van der Waals surface area contributed by atoms with Crippen LogP contribution in [0.15, 0.2) is 18.2 Å². The molecular weight excluding hydrogens is 237 g/mol. The Hall–Kier alpha value is -1.53. The second-order valence-electron chi connectivity index (χ2n) is 4.62. The van der Waals surface area contributed by atoms with Crippen LogP contribution in [0.5, 0.6) is 0 Å². The van der Waals surface area contributed by atoms with Gasteiger partial charge in [0.25, 0.3) is 5.69 Å². The van der Waals surface area contributed by atoms with Crippen LogP contribution in [0.25, 0.3) is 0 Å². The molecule has 1 aromatic carbocycles. The maximum atomic E-state index is 13.2. The first-order valence-electron chi connectivity index (χ1n) is 5.95. The monoisotopic (exact) mass is 253 g/mol. The zero-order valence-corrected chi connectivity index (χ0v) is 10.2. The summed E-state index contributed by atoms with van der Waals surface area (Å²) in [6.45, 7) is 4.96. The minimum Gasteiger partial charge on any atom is -0.312 e. The lowest BCUT2D eigenvalue weighted by atomic mass is 10.1. The molecule has 0 bridgehead atoms. The molecular formula is C12H16FN3O2. The van der Waals surface area contributed by atoms with Crippen molar-refractivity contribution in [2.45, 2.75) is 19.5 Å². The molecule has 1 heterocycles. The molecule has 0 amide bonds. The maximum absolute atomic E-state index is 13.2. The van der Waals surface area contributed by atoms with Crippen molar-refractivity contribution in [1.29, 1.82) is 0 Å². The predicted molar refractivity (Wildman–Crippen MR) is 65.8 cm³/mol. The van der Waals surface area contributed by atoms with Crippen LogP contribution in [0.4, 0.5) is 10.1 Å². The number of hydrogen-bond acceptors (Lipinski definition) is 4. The van der Waals surface area contributed by atoms with Crippen LogP contribution >= 0.6 is 0 Å². The van der Waals surface area contributed by atoms with Gasteiger partial charge in [0.15, 0.2) is 0 Å². The molecule has 2 rings (SSSR count). The van der Waals surface area contributed by atoms with Crippen molar-refractivity contribution < 1.29 is 9.31 Å². The van der Waals surface area contributed by atoms with E-state index in [0.29, 0.717) is 18.2 Å². The van der Waals surface area contributed by atoms with Gasteiger partial charge >= 0.3 is 0 Å². The number of nitro benzene ring substituents is 1. The maximum Gasteiger partial charge on any atom is 0.274 e. The SMILES string of the molecule is C[C@@H]1CN(Cc2cc(F)ccc2[N+](=O)[O-])CCN1. The van der Waals surface area contributed by atoms with E-state index in [1.54, 1.807) is 0 Å². The Kier molecular flexibility index (Phi) is 3.88. The lowest BCUT2D eigenvalue weighted by Gasteiger charge is -2.31. The largest absolute Gasteiger partial charge is 0.312 e. The van der Waals surface area contributed by atoms with E-state index in [9.17, 15) is 14.5 Å². The third-order valence-electron chi connectivity index (χ3n) is 3.09. The summed E-state index contributed by atoms with van der Waals surface area (Å²) in [7, 11) is 0. The van der Waals surface area contributed by atoms with E-state index in [-0.39, 0.29) is 5.69 Å². The smallest absolute Gasteiger partial charge is 0.274 e. The molecule has 1 fully saturated rings. The summed E-state index contributed by atoms with van der Waals surface area (Å²) in [4.78, 5) is 12.5. The number of nitrogens with one attached hydrogen (secondary N) is 1. The lowest BCUT2D eigenvalue weighted by molar-refractivity contribution is -0.385. The van der Waals surface area contributed by atoms with Crippen molar-refractivity contribution in [3.63, 3.8) is 0 Å². The third-order valence-corrected chi connectivity index (χ3v) is 3.09. The average molecular weight is 253 g/mol. The van der Waals surface area contributed by atoms with Gasteiger partial charge in [0.05, 0.1) is 4.92 Å². The van der Waals surface area contributed by atoms with Crippen molar-refractivity contribution in [1.82, 2.24) is 10.2 Å². The van der Waals surface area contributed by atoms with Gasteiger partial charge in [-0.1, -0.05) is 0 Å². The number of benzene rings is 1.